The van der Waals surface area contributed by atoms with Crippen LogP contribution in [0.5, 0.6) is 0 Å². The minimum absolute atomic E-state index is 0.692. The zero-order valence-corrected chi connectivity index (χ0v) is 13.6. The number of fused-ring (bicyclic) bond motifs is 1. The Balaban J connectivity index is 1.70. The molecule has 2 aromatic heterocycles. The number of ether oxygens (including phenoxy) is 2. The normalized spacial score (nSPS) is 19.3. The second-order valence-corrected chi connectivity index (χ2v) is 6.11. The molecule has 0 aliphatic carbocycles. The Morgan fingerprint density at radius 2 is 1.39 bits per heavy atom. The standard InChI is InChI=1S/C16H19ClN4O2/c17-13-11-15(21-5-9-23-10-6-21)19-16-12(13)1-2-14(18-16)20-3-7-22-8-4-20/h1-2,11H,3-10H2. The summed E-state index contributed by atoms with van der Waals surface area (Å²) in [4.78, 5) is 13.9. The minimum atomic E-state index is 0.692. The van der Waals surface area contributed by atoms with Crippen LogP contribution >= 0.6 is 11.6 Å². The molecule has 4 heterocycles. The lowest BCUT2D eigenvalue weighted by molar-refractivity contribution is 0.122. The molecule has 7 heteroatoms. The first kappa shape index (κ1) is 14.9. The third-order valence-corrected chi connectivity index (χ3v) is 4.58. The quantitative estimate of drug-likeness (QED) is 0.837. The summed E-state index contributed by atoms with van der Waals surface area (Å²) in [5.74, 6) is 1.81. The van der Waals surface area contributed by atoms with Gasteiger partial charge in [-0.2, -0.15) is 0 Å². The first-order valence-corrected chi connectivity index (χ1v) is 8.32. The molecule has 0 amide bonds. The molecule has 2 aromatic rings. The van der Waals surface area contributed by atoms with E-state index in [9.17, 15) is 0 Å². The average Bonchev–Trinajstić information content (AvgIpc) is 2.63. The van der Waals surface area contributed by atoms with Crippen molar-refractivity contribution >= 4 is 34.3 Å². The van der Waals surface area contributed by atoms with Crippen molar-refractivity contribution < 1.29 is 9.47 Å². The molecule has 0 saturated carbocycles. The van der Waals surface area contributed by atoms with Crippen molar-refractivity contribution in [3.05, 3.63) is 23.2 Å². The second-order valence-electron chi connectivity index (χ2n) is 5.70. The second kappa shape index (κ2) is 6.47. The van der Waals surface area contributed by atoms with Crippen LogP contribution in [-0.2, 0) is 9.47 Å². The third kappa shape index (κ3) is 3.06. The van der Waals surface area contributed by atoms with Crippen LogP contribution in [0.25, 0.3) is 11.0 Å². The van der Waals surface area contributed by atoms with E-state index in [1.54, 1.807) is 0 Å². The van der Waals surface area contributed by atoms with Crippen molar-refractivity contribution in [3.63, 3.8) is 0 Å². The molecule has 2 aliphatic rings. The molecule has 2 fully saturated rings. The van der Waals surface area contributed by atoms with Crippen LogP contribution in [0.3, 0.4) is 0 Å². The van der Waals surface area contributed by atoms with Gasteiger partial charge in [-0.25, -0.2) is 9.97 Å². The van der Waals surface area contributed by atoms with Gasteiger partial charge in [0.2, 0.25) is 0 Å². The van der Waals surface area contributed by atoms with Gasteiger partial charge < -0.3 is 19.3 Å². The minimum Gasteiger partial charge on any atom is -0.378 e. The van der Waals surface area contributed by atoms with E-state index in [1.165, 1.54) is 0 Å². The Labute approximate surface area is 140 Å². The molecule has 23 heavy (non-hydrogen) atoms. The summed E-state index contributed by atoms with van der Waals surface area (Å²) in [6.07, 6.45) is 0. The first-order valence-electron chi connectivity index (χ1n) is 7.94. The molecule has 2 saturated heterocycles. The van der Waals surface area contributed by atoms with Crippen LogP contribution in [0.2, 0.25) is 5.02 Å². The lowest BCUT2D eigenvalue weighted by Gasteiger charge is -2.29. The molecule has 0 aromatic carbocycles. The maximum atomic E-state index is 6.45. The SMILES string of the molecule is Clc1cc(N2CCOCC2)nc2nc(N3CCOCC3)ccc12. The van der Waals surface area contributed by atoms with Gasteiger partial charge in [0.25, 0.3) is 0 Å². The molecule has 0 spiro atoms. The van der Waals surface area contributed by atoms with Crippen molar-refractivity contribution in [2.24, 2.45) is 0 Å². The molecule has 0 N–H and O–H groups in total. The van der Waals surface area contributed by atoms with Gasteiger partial charge in [-0.05, 0) is 12.1 Å². The molecular weight excluding hydrogens is 316 g/mol. The number of hydrogen-bond acceptors (Lipinski definition) is 6. The fourth-order valence-electron chi connectivity index (χ4n) is 2.96. The number of aromatic nitrogens is 2. The zero-order chi connectivity index (χ0) is 15.6. The highest BCUT2D eigenvalue weighted by Gasteiger charge is 2.17. The highest BCUT2D eigenvalue weighted by Crippen LogP contribution is 2.28. The topological polar surface area (TPSA) is 50.7 Å². The Morgan fingerprint density at radius 1 is 0.826 bits per heavy atom. The number of rotatable bonds is 2. The zero-order valence-electron chi connectivity index (χ0n) is 12.9. The van der Waals surface area contributed by atoms with Crippen molar-refractivity contribution in [1.29, 1.82) is 0 Å². The molecule has 0 unspecified atom stereocenters. The predicted molar refractivity (Wildman–Crippen MR) is 90.6 cm³/mol. The third-order valence-electron chi connectivity index (χ3n) is 4.26. The monoisotopic (exact) mass is 334 g/mol. The van der Waals surface area contributed by atoms with E-state index in [0.717, 1.165) is 69.6 Å². The van der Waals surface area contributed by atoms with E-state index >= 15 is 0 Å². The fourth-order valence-corrected chi connectivity index (χ4v) is 3.21. The summed E-state index contributed by atoms with van der Waals surface area (Å²) in [5.41, 5.74) is 0.697. The lowest BCUT2D eigenvalue weighted by Crippen LogP contribution is -2.37. The van der Waals surface area contributed by atoms with Gasteiger partial charge in [-0.1, -0.05) is 11.6 Å². The van der Waals surface area contributed by atoms with Gasteiger partial charge in [-0.15, -0.1) is 0 Å². The van der Waals surface area contributed by atoms with Gasteiger partial charge in [0.05, 0.1) is 31.5 Å². The molecule has 0 radical (unpaired) electrons. The number of pyridine rings is 2. The van der Waals surface area contributed by atoms with E-state index in [1.807, 2.05) is 18.2 Å². The van der Waals surface area contributed by atoms with Crippen LogP contribution in [0.4, 0.5) is 11.6 Å². The van der Waals surface area contributed by atoms with E-state index in [2.05, 4.69) is 9.80 Å². The Bertz CT molecular complexity index is 695. The lowest BCUT2D eigenvalue weighted by atomic mass is 10.2. The Morgan fingerprint density at radius 3 is 2.04 bits per heavy atom. The first-order chi connectivity index (χ1) is 11.3. The largest absolute Gasteiger partial charge is 0.378 e. The Kier molecular flexibility index (Phi) is 4.20. The van der Waals surface area contributed by atoms with Gasteiger partial charge in [0, 0.05) is 37.6 Å². The molecule has 0 bridgehead atoms. The Hall–Kier alpha value is -1.63. The van der Waals surface area contributed by atoms with Crippen molar-refractivity contribution in [2.45, 2.75) is 0 Å². The van der Waals surface area contributed by atoms with Crippen molar-refractivity contribution in [3.8, 4) is 0 Å². The summed E-state index contributed by atoms with van der Waals surface area (Å²) in [6.45, 7) is 6.29. The van der Waals surface area contributed by atoms with Crippen LogP contribution in [0.15, 0.2) is 18.2 Å². The fraction of sp³-hybridized carbons (Fsp3) is 0.500. The van der Waals surface area contributed by atoms with Crippen LogP contribution in [-0.4, -0.2) is 62.6 Å². The summed E-state index contributed by atoms with van der Waals surface area (Å²) in [5, 5.41) is 1.58. The van der Waals surface area contributed by atoms with Crippen molar-refractivity contribution in [1.82, 2.24) is 9.97 Å². The molecule has 2 aliphatic heterocycles. The van der Waals surface area contributed by atoms with Gasteiger partial charge in [0.15, 0.2) is 5.65 Å². The summed E-state index contributed by atoms with van der Waals surface area (Å²) in [6, 6.07) is 5.94. The number of anilines is 2. The number of hydrogen-bond donors (Lipinski definition) is 0. The van der Waals surface area contributed by atoms with Crippen LogP contribution < -0.4 is 9.80 Å². The summed E-state index contributed by atoms with van der Waals surface area (Å²) >= 11 is 6.45. The van der Waals surface area contributed by atoms with E-state index in [0.29, 0.717) is 10.7 Å². The molecule has 122 valence electrons. The summed E-state index contributed by atoms with van der Waals surface area (Å²) in [7, 11) is 0. The highest BCUT2D eigenvalue weighted by molar-refractivity contribution is 6.35. The number of morpholine rings is 2. The van der Waals surface area contributed by atoms with Gasteiger partial charge >= 0.3 is 0 Å². The smallest absolute Gasteiger partial charge is 0.165 e. The average molecular weight is 335 g/mol. The number of nitrogens with zero attached hydrogens (tertiary/aromatic N) is 4. The van der Waals surface area contributed by atoms with E-state index in [4.69, 9.17) is 31.0 Å². The number of halogens is 1. The van der Waals surface area contributed by atoms with Crippen LogP contribution in [0.1, 0.15) is 0 Å². The van der Waals surface area contributed by atoms with Gasteiger partial charge in [0.1, 0.15) is 11.6 Å². The molecule has 6 nitrogen and oxygen atoms in total. The van der Waals surface area contributed by atoms with E-state index < -0.39 is 0 Å². The molecular formula is C16H19ClN4O2. The van der Waals surface area contributed by atoms with Gasteiger partial charge in [-0.3, -0.25) is 0 Å². The predicted octanol–water partition coefficient (Wildman–Crippen LogP) is 1.96. The maximum Gasteiger partial charge on any atom is 0.165 e. The maximum absolute atomic E-state index is 6.45. The summed E-state index contributed by atoms with van der Waals surface area (Å²) < 4.78 is 10.8. The molecule has 4 rings (SSSR count). The highest BCUT2D eigenvalue weighted by atomic mass is 35.5. The van der Waals surface area contributed by atoms with Crippen molar-refractivity contribution in [2.75, 3.05) is 62.4 Å². The van der Waals surface area contributed by atoms with Crippen LogP contribution in [0, 0.1) is 0 Å². The van der Waals surface area contributed by atoms with E-state index in [-0.39, 0.29) is 0 Å². The molecule has 0 atom stereocenters.